The number of quaternary nitrogens is 1. The summed E-state index contributed by atoms with van der Waals surface area (Å²) in [5.74, 6) is 1.45. The molecule has 2 aliphatic carbocycles. The summed E-state index contributed by atoms with van der Waals surface area (Å²) in [6.07, 6.45) is 7.19. The van der Waals surface area contributed by atoms with Crippen LogP contribution in [0.5, 0.6) is 0 Å². The van der Waals surface area contributed by atoms with Crippen LogP contribution in [0.4, 0.5) is 0 Å². The Kier molecular flexibility index (Phi) is 2.85. The van der Waals surface area contributed by atoms with Crippen molar-refractivity contribution in [2.75, 3.05) is 0 Å². The second-order valence-electron chi connectivity index (χ2n) is 4.55. The minimum atomic E-state index is 0. The molecule has 2 aliphatic rings. The highest BCUT2D eigenvalue weighted by Crippen LogP contribution is 2.39. The highest BCUT2D eigenvalue weighted by molar-refractivity contribution is 5.37. The maximum Gasteiger partial charge on any atom is 0.106 e. The smallest absolute Gasteiger partial charge is 0.106 e. The average Bonchev–Trinajstić information content (AvgIpc) is 2.24. The topological polar surface area (TPSA) is 27.6 Å². The van der Waals surface area contributed by atoms with E-state index >= 15 is 0 Å². The molecule has 0 saturated heterocycles. The first-order chi connectivity index (χ1) is 6.84. The van der Waals surface area contributed by atoms with Crippen LogP contribution in [0.1, 0.15) is 23.5 Å². The van der Waals surface area contributed by atoms with Crippen LogP contribution in [-0.2, 0) is 6.42 Å². The summed E-state index contributed by atoms with van der Waals surface area (Å²) >= 11 is 0. The third kappa shape index (κ3) is 1.70. The molecule has 0 heterocycles. The molecule has 1 aromatic carbocycles. The molecule has 0 aliphatic heterocycles. The standard InChI is InChI=1S/C13H15N.ClH/c14-13-6-5-10-8-11(13)7-9-3-1-2-4-12(9)10;/h1-6,10-11,13H,7-8,14H2;1H/t10-,11-,13-;/m0./s1. The normalized spacial score (nSPS) is 31.7. The van der Waals surface area contributed by atoms with Crippen molar-refractivity contribution >= 4 is 0 Å². The van der Waals surface area contributed by atoms with Gasteiger partial charge in [-0.05, 0) is 30.0 Å². The lowest BCUT2D eigenvalue weighted by atomic mass is 9.71. The van der Waals surface area contributed by atoms with E-state index in [0.717, 1.165) is 5.92 Å². The molecule has 3 rings (SSSR count). The third-order valence-corrected chi connectivity index (χ3v) is 3.69. The Balaban J connectivity index is 0.000000853. The predicted octanol–water partition coefficient (Wildman–Crippen LogP) is -1.48. The zero-order valence-corrected chi connectivity index (χ0v) is 9.45. The van der Waals surface area contributed by atoms with E-state index in [-0.39, 0.29) is 12.4 Å². The molecule has 0 aromatic heterocycles. The van der Waals surface area contributed by atoms with E-state index in [1.807, 2.05) is 0 Å². The molecule has 1 aromatic rings. The van der Waals surface area contributed by atoms with Crippen LogP contribution < -0.4 is 18.1 Å². The van der Waals surface area contributed by atoms with Crippen LogP contribution in [0, 0.1) is 5.92 Å². The minimum Gasteiger partial charge on any atom is -1.00 e. The summed E-state index contributed by atoms with van der Waals surface area (Å²) in [5, 5.41) is 0. The van der Waals surface area contributed by atoms with Gasteiger partial charge in [0.05, 0.1) is 0 Å². The molecule has 0 amide bonds. The maximum atomic E-state index is 4.20. The van der Waals surface area contributed by atoms with E-state index in [1.54, 1.807) is 11.1 Å². The van der Waals surface area contributed by atoms with Crippen molar-refractivity contribution in [3.05, 3.63) is 47.5 Å². The Bertz CT molecular complexity index is 386. The molecule has 1 nitrogen and oxygen atoms in total. The largest absolute Gasteiger partial charge is 1.00 e. The summed E-state index contributed by atoms with van der Waals surface area (Å²) in [6, 6.07) is 9.40. The fourth-order valence-corrected chi connectivity index (χ4v) is 2.84. The Labute approximate surface area is 96.8 Å². The number of rotatable bonds is 0. The number of benzene rings is 1. The van der Waals surface area contributed by atoms with Gasteiger partial charge in [0.25, 0.3) is 0 Å². The van der Waals surface area contributed by atoms with Crippen molar-refractivity contribution < 1.29 is 18.1 Å². The first kappa shape index (κ1) is 10.7. The van der Waals surface area contributed by atoms with Crippen molar-refractivity contribution in [2.45, 2.75) is 24.8 Å². The van der Waals surface area contributed by atoms with Crippen molar-refractivity contribution in [3.63, 3.8) is 0 Å². The molecule has 0 fully saturated rings. The van der Waals surface area contributed by atoms with Gasteiger partial charge in [0.2, 0.25) is 0 Å². The van der Waals surface area contributed by atoms with Gasteiger partial charge in [0.15, 0.2) is 0 Å². The van der Waals surface area contributed by atoms with Gasteiger partial charge in [-0.25, -0.2) is 0 Å². The number of hydrogen-bond donors (Lipinski definition) is 1. The Morgan fingerprint density at radius 1 is 1.13 bits per heavy atom. The van der Waals surface area contributed by atoms with Gasteiger partial charge in [-0.15, -0.1) is 0 Å². The lowest BCUT2D eigenvalue weighted by Crippen LogP contribution is -3.00. The summed E-state index contributed by atoms with van der Waals surface area (Å²) in [4.78, 5) is 0. The van der Waals surface area contributed by atoms with Crippen molar-refractivity contribution in [3.8, 4) is 0 Å². The van der Waals surface area contributed by atoms with Gasteiger partial charge in [0, 0.05) is 11.8 Å². The van der Waals surface area contributed by atoms with E-state index in [9.17, 15) is 0 Å². The summed E-state index contributed by atoms with van der Waals surface area (Å²) in [5.41, 5.74) is 7.30. The van der Waals surface area contributed by atoms with Crippen LogP contribution in [0.3, 0.4) is 0 Å². The predicted molar refractivity (Wildman–Crippen MR) is 56.8 cm³/mol. The van der Waals surface area contributed by atoms with Crippen molar-refractivity contribution in [1.82, 2.24) is 0 Å². The SMILES string of the molecule is [Cl-].[NH3+][C@H]1C=C[C@H]2C[C@@H]1Cc1ccccc12. The number of allylic oxidation sites excluding steroid dienone is 1. The van der Waals surface area contributed by atoms with Crippen LogP contribution in [-0.4, -0.2) is 6.04 Å². The zero-order chi connectivity index (χ0) is 9.54. The Morgan fingerprint density at radius 3 is 2.80 bits per heavy atom. The monoisotopic (exact) mass is 221 g/mol. The van der Waals surface area contributed by atoms with E-state index in [0.29, 0.717) is 12.0 Å². The average molecular weight is 222 g/mol. The molecule has 0 spiro atoms. The first-order valence-electron chi connectivity index (χ1n) is 5.44. The van der Waals surface area contributed by atoms with Gasteiger partial charge in [-0.2, -0.15) is 0 Å². The van der Waals surface area contributed by atoms with Gasteiger partial charge in [-0.3, -0.25) is 0 Å². The minimum absolute atomic E-state index is 0. The fourth-order valence-electron chi connectivity index (χ4n) is 2.84. The summed E-state index contributed by atoms with van der Waals surface area (Å²) < 4.78 is 0. The van der Waals surface area contributed by atoms with Gasteiger partial charge in [-0.1, -0.05) is 30.3 Å². The lowest BCUT2D eigenvalue weighted by molar-refractivity contribution is -0.418. The molecule has 0 unspecified atom stereocenters. The molecule has 0 radical (unpaired) electrons. The van der Waals surface area contributed by atoms with Gasteiger partial charge in [0.1, 0.15) is 6.04 Å². The molecule has 15 heavy (non-hydrogen) atoms. The van der Waals surface area contributed by atoms with E-state index in [1.165, 1.54) is 12.8 Å². The second-order valence-corrected chi connectivity index (χ2v) is 4.55. The lowest BCUT2D eigenvalue weighted by Gasteiger charge is -2.34. The molecular weight excluding hydrogens is 206 g/mol. The molecular formula is C13H16ClN. The molecule has 0 saturated carbocycles. The molecule has 3 atom stereocenters. The number of fused-ring (bicyclic) bond motifs is 4. The van der Waals surface area contributed by atoms with Crippen molar-refractivity contribution in [1.29, 1.82) is 0 Å². The van der Waals surface area contributed by atoms with Gasteiger partial charge < -0.3 is 18.1 Å². The zero-order valence-electron chi connectivity index (χ0n) is 8.70. The Morgan fingerprint density at radius 2 is 1.93 bits per heavy atom. The van der Waals surface area contributed by atoms with Crippen LogP contribution in [0.2, 0.25) is 0 Å². The van der Waals surface area contributed by atoms with Crippen molar-refractivity contribution in [2.24, 2.45) is 5.92 Å². The number of hydrogen-bond acceptors (Lipinski definition) is 0. The van der Waals surface area contributed by atoms with E-state index in [4.69, 9.17) is 0 Å². The second kappa shape index (κ2) is 3.99. The highest BCUT2D eigenvalue weighted by atomic mass is 35.5. The molecule has 2 bridgehead atoms. The molecule has 80 valence electrons. The quantitative estimate of drug-likeness (QED) is 0.518. The highest BCUT2D eigenvalue weighted by Gasteiger charge is 2.32. The molecule has 2 heteroatoms. The van der Waals surface area contributed by atoms with Gasteiger partial charge >= 0.3 is 0 Å². The van der Waals surface area contributed by atoms with Crippen LogP contribution in [0.25, 0.3) is 0 Å². The van der Waals surface area contributed by atoms with E-state index in [2.05, 4.69) is 42.2 Å². The Hall–Kier alpha value is -0.790. The summed E-state index contributed by atoms with van der Waals surface area (Å²) in [7, 11) is 0. The first-order valence-corrected chi connectivity index (χ1v) is 5.44. The van der Waals surface area contributed by atoms with Crippen LogP contribution in [0.15, 0.2) is 36.4 Å². The maximum absolute atomic E-state index is 4.20. The summed E-state index contributed by atoms with van der Waals surface area (Å²) in [6.45, 7) is 0. The number of halogens is 1. The van der Waals surface area contributed by atoms with E-state index < -0.39 is 0 Å². The third-order valence-electron chi connectivity index (χ3n) is 3.69. The molecule has 3 N–H and O–H groups in total. The fraction of sp³-hybridized carbons (Fsp3) is 0.385. The van der Waals surface area contributed by atoms with Crippen LogP contribution >= 0.6 is 0 Å².